The number of carbonyl (C=O) groups excluding carboxylic acids is 2. The van der Waals surface area contributed by atoms with Gasteiger partial charge in [-0.15, -0.1) is 0 Å². The number of hydrogen-bond acceptors (Lipinski definition) is 6. The van der Waals surface area contributed by atoms with E-state index in [0.29, 0.717) is 24.5 Å². The molecule has 0 radical (unpaired) electrons. The lowest BCUT2D eigenvalue weighted by atomic mass is 10.3. The van der Waals surface area contributed by atoms with Crippen molar-refractivity contribution >= 4 is 27.6 Å². The summed E-state index contributed by atoms with van der Waals surface area (Å²) in [7, 11) is -1.94. The van der Waals surface area contributed by atoms with Crippen molar-refractivity contribution in [1.82, 2.24) is 14.1 Å². The standard InChI is InChI=1S/C18H24N4O5S/c1-5-22(6-2)28(25,26)15-9-7-8-14(10-15)20-17(23)12-27-18(24)16-11-19-21(4)13(16)3/h7-11H,5-6,12H2,1-4H3,(H,20,23). The Morgan fingerprint density at radius 3 is 2.50 bits per heavy atom. The Hall–Kier alpha value is -2.72. The largest absolute Gasteiger partial charge is 0.452 e. The molecule has 9 nitrogen and oxygen atoms in total. The summed E-state index contributed by atoms with van der Waals surface area (Å²) in [6.45, 7) is 5.42. The minimum Gasteiger partial charge on any atom is -0.452 e. The number of carbonyl (C=O) groups is 2. The Labute approximate surface area is 164 Å². The SMILES string of the molecule is CCN(CC)S(=O)(=O)c1cccc(NC(=O)COC(=O)c2cnn(C)c2C)c1. The number of amides is 1. The average molecular weight is 408 g/mol. The van der Waals surface area contributed by atoms with Gasteiger partial charge in [0.15, 0.2) is 6.61 Å². The van der Waals surface area contributed by atoms with Crippen molar-refractivity contribution in [3.63, 3.8) is 0 Å². The summed E-state index contributed by atoms with van der Waals surface area (Å²) < 4.78 is 33.0. The first-order valence-electron chi connectivity index (χ1n) is 8.76. The van der Waals surface area contributed by atoms with Gasteiger partial charge in [0.05, 0.1) is 11.1 Å². The van der Waals surface area contributed by atoms with Crippen molar-refractivity contribution < 1.29 is 22.7 Å². The molecule has 0 saturated carbocycles. The molecule has 0 atom stereocenters. The van der Waals surface area contributed by atoms with Gasteiger partial charge in [-0.3, -0.25) is 9.48 Å². The molecule has 0 fully saturated rings. The monoisotopic (exact) mass is 408 g/mol. The summed E-state index contributed by atoms with van der Waals surface area (Å²) in [6.07, 6.45) is 1.37. The number of nitrogens with one attached hydrogen (secondary N) is 1. The number of aromatic nitrogens is 2. The third-order valence-corrected chi connectivity index (χ3v) is 6.30. The summed E-state index contributed by atoms with van der Waals surface area (Å²) in [5.74, 6) is -1.23. The van der Waals surface area contributed by atoms with Crippen LogP contribution < -0.4 is 5.32 Å². The summed E-state index contributed by atoms with van der Waals surface area (Å²) in [5, 5.41) is 6.48. The molecule has 1 aromatic carbocycles. The molecule has 2 aromatic rings. The molecule has 0 aliphatic carbocycles. The van der Waals surface area contributed by atoms with E-state index in [4.69, 9.17) is 4.74 Å². The molecule has 0 spiro atoms. The van der Waals surface area contributed by atoms with E-state index in [1.54, 1.807) is 33.9 Å². The van der Waals surface area contributed by atoms with Crippen LogP contribution in [-0.4, -0.2) is 54.1 Å². The third-order valence-electron chi connectivity index (χ3n) is 4.25. The first-order valence-corrected chi connectivity index (χ1v) is 10.2. The molecule has 1 heterocycles. The van der Waals surface area contributed by atoms with Crippen molar-refractivity contribution in [2.75, 3.05) is 25.0 Å². The third kappa shape index (κ3) is 4.76. The van der Waals surface area contributed by atoms with E-state index < -0.39 is 28.5 Å². The zero-order valence-electron chi connectivity index (χ0n) is 16.3. The lowest BCUT2D eigenvalue weighted by Crippen LogP contribution is -2.30. The van der Waals surface area contributed by atoms with E-state index in [-0.39, 0.29) is 10.5 Å². The minimum atomic E-state index is -3.64. The summed E-state index contributed by atoms with van der Waals surface area (Å²) in [6, 6.07) is 5.94. The number of nitrogens with zero attached hydrogens (tertiary/aromatic N) is 3. The van der Waals surface area contributed by atoms with Gasteiger partial charge in [0.1, 0.15) is 5.56 Å². The highest BCUT2D eigenvalue weighted by atomic mass is 32.2. The number of esters is 1. The van der Waals surface area contributed by atoms with Crippen molar-refractivity contribution in [3.05, 3.63) is 41.7 Å². The predicted octanol–water partition coefficient (Wildman–Crippen LogP) is 1.55. The van der Waals surface area contributed by atoms with Gasteiger partial charge in [0.2, 0.25) is 10.0 Å². The van der Waals surface area contributed by atoms with Crippen LogP contribution in [0.5, 0.6) is 0 Å². The maximum atomic E-state index is 12.6. The van der Waals surface area contributed by atoms with Crippen molar-refractivity contribution in [3.8, 4) is 0 Å². The Balaban J connectivity index is 2.03. The second-order valence-electron chi connectivity index (χ2n) is 6.01. The topological polar surface area (TPSA) is 111 Å². The fraction of sp³-hybridized carbons (Fsp3) is 0.389. The van der Waals surface area contributed by atoms with Gasteiger partial charge in [-0.1, -0.05) is 19.9 Å². The smallest absolute Gasteiger partial charge is 0.342 e. The number of aryl methyl sites for hydroxylation is 1. The summed E-state index contributed by atoms with van der Waals surface area (Å²) in [4.78, 5) is 24.2. The second kappa shape index (κ2) is 8.98. The molecule has 0 saturated heterocycles. The van der Waals surface area contributed by atoms with Crippen LogP contribution in [0.25, 0.3) is 0 Å². The van der Waals surface area contributed by atoms with Crippen LogP contribution in [0.15, 0.2) is 35.4 Å². The van der Waals surface area contributed by atoms with Gasteiger partial charge in [-0.05, 0) is 25.1 Å². The van der Waals surface area contributed by atoms with Crippen LogP contribution in [0, 0.1) is 6.92 Å². The molecule has 152 valence electrons. The van der Waals surface area contributed by atoms with Crippen LogP contribution in [0.1, 0.15) is 29.9 Å². The highest BCUT2D eigenvalue weighted by Crippen LogP contribution is 2.19. The highest BCUT2D eigenvalue weighted by Gasteiger charge is 2.22. The lowest BCUT2D eigenvalue weighted by molar-refractivity contribution is -0.119. The normalized spacial score (nSPS) is 11.5. The molecule has 1 N–H and O–H groups in total. The fourth-order valence-corrected chi connectivity index (χ4v) is 4.06. The Morgan fingerprint density at radius 1 is 1.25 bits per heavy atom. The van der Waals surface area contributed by atoms with E-state index in [0.717, 1.165) is 0 Å². The van der Waals surface area contributed by atoms with Gasteiger partial charge in [-0.25, -0.2) is 13.2 Å². The number of anilines is 1. The number of sulfonamides is 1. The number of hydrogen-bond donors (Lipinski definition) is 1. The van der Waals surface area contributed by atoms with E-state index in [1.807, 2.05) is 0 Å². The molecule has 10 heteroatoms. The van der Waals surface area contributed by atoms with Gasteiger partial charge in [0, 0.05) is 31.5 Å². The average Bonchev–Trinajstić information content (AvgIpc) is 2.99. The van der Waals surface area contributed by atoms with Crippen LogP contribution in [-0.2, 0) is 26.6 Å². The summed E-state index contributed by atoms with van der Waals surface area (Å²) >= 11 is 0. The highest BCUT2D eigenvalue weighted by molar-refractivity contribution is 7.89. The number of rotatable bonds is 8. The van der Waals surface area contributed by atoms with Crippen molar-refractivity contribution in [1.29, 1.82) is 0 Å². The molecule has 0 aliphatic rings. The van der Waals surface area contributed by atoms with Gasteiger partial charge in [0.25, 0.3) is 5.91 Å². The predicted molar refractivity (Wildman–Crippen MR) is 103 cm³/mol. The quantitative estimate of drug-likeness (QED) is 0.664. The van der Waals surface area contributed by atoms with Gasteiger partial charge >= 0.3 is 5.97 Å². The van der Waals surface area contributed by atoms with E-state index in [9.17, 15) is 18.0 Å². The van der Waals surface area contributed by atoms with E-state index in [1.165, 1.54) is 33.4 Å². The zero-order valence-corrected chi connectivity index (χ0v) is 17.1. The van der Waals surface area contributed by atoms with Crippen LogP contribution in [0.4, 0.5) is 5.69 Å². The fourth-order valence-electron chi connectivity index (χ4n) is 2.55. The molecule has 0 unspecified atom stereocenters. The van der Waals surface area contributed by atoms with Gasteiger partial charge < -0.3 is 10.1 Å². The molecule has 28 heavy (non-hydrogen) atoms. The van der Waals surface area contributed by atoms with Crippen molar-refractivity contribution in [2.45, 2.75) is 25.7 Å². The maximum absolute atomic E-state index is 12.6. The Bertz CT molecular complexity index is 964. The van der Waals surface area contributed by atoms with Gasteiger partial charge in [-0.2, -0.15) is 9.40 Å². The first-order chi connectivity index (χ1) is 13.2. The Morgan fingerprint density at radius 2 is 1.93 bits per heavy atom. The minimum absolute atomic E-state index is 0.0805. The molecule has 0 bridgehead atoms. The second-order valence-corrected chi connectivity index (χ2v) is 7.95. The van der Waals surface area contributed by atoms with Crippen LogP contribution in [0.2, 0.25) is 0 Å². The molecule has 2 rings (SSSR count). The van der Waals surface area contributed by atoms with Crippen LogP contribution in [0.3, 0.4) is 0 Å². The Kier molecular flexibility index (Phi) is 6.92. The molecule has 1 aromatic heterocycles. The zero-order chi connectivity index (χ0) is 20.9. The van der Waals surface area contributed by atoms with E-state index >= 15 is 0 Å². The maximum Gasteiger partial charge on any atom is 0.342 e. The molecule has 0 aliphatic heterocycles. The lowest BCUT2D eigenvalue weighted by Gasteiger charge is -2.18. The molecular weight excluding hydrogens is 384 g/mol. The number of benzene rings is 1. The molecular formula is C18H24N4O5S. The summed E-state index contributed by atoms with van der Waals surface area (Å²) in [5.41, 5.74) is 1.20. The number of ether oxygens (including phenoxy) is 1. The molecule has 1 amide bonds. The van der Waals surface area contributed by atoms with Crippen molar-refractivity contribution in [2.24, 2.45) is 7.05 Å². The van der Waals surface area contributed by atoms with E-state index in [2.05, 4.69) is 10.4 Å². The first kappa shape index (κ1) is 21.6. The van der Waals surface area contributed by atoms with Crippen LogP contribution >= 0.6 is 0 Å².